The first kappa shape index (κ1) is 22.5. The molecule has 0 spiro atoms. The summed E-state index contributed by atoms with van der Waals surface area (Å²) in [5, 5.41) is 4.55. The predicted molar refractivity (Wildman–Crippen MR) is 135 cm³/mol. The highest BCUT2D eigenvalue weighted by atomic mass is 35.5. The van der Waals surface area contributed by atoms with Crippen LogP contribution < -0.4 is 10.9 Å². The molecule has 0 aliphatic heterocycles. The third-order valence-corrected chi connectivity index (χ3v) is 6.79. The number of nitrogens with zero attached hydrogens (tertiary/aromatic N) is 2. The zero-order chi connectivity index (χ0) is 23.8. The molecule has 5 aromatic rings. The van der Waals surface area contributed by atoms with Gasteiger partial charge in [-0.2, -0.15) is 0 Å². The molecule has 0 aliphatic carbocycles. The van der Waals surface area contributed by atoms with E-state index in [1.807, 2.05) is 24.3 Å². The Morgan fingerprint density at radius 2 is 1.82 bits per heavy atom. The van der Waals surface area contributed by atoms with Gasteiger partial charge in [0, 0.05) is 16.6 Å². The van der Waals surface area contributed by atoms with Crippen LogP contribution in [0.1, 0.15) is 0 Å². The summed E-state index contributed by atoms with van der Waals surface area (Å²) in [4.78, 5) is 33.9. The highest BCUT2D eigenvalue weighted by molar-refractivity contribution is 7.99. The number of aromatic nitrogens is 3. The van der Waals surface area contributed by atoms with Crippen molar-refractivity contribution in [1.82, 2.24) is 14.5 Å². The number of aromatic amines is 1. The Hall–Kier alpha value is -3.33. The molecular weight excluding hydrogens is 498 g/mol. The van der Waals surface area contributed by atoms with Crippen LogP contribution in [0, 0.1) is 5.82 Å². The van der Waals surface area contributed by atoms with E-state index in [4.69, 9.17) is 28.2 Å². The number of halogens is 3. The van der Waals surface area contributed by atoms with Gasteiger partial charge in [0.15, 0.2) is 5.16 Å². The Morgan fingerprint density at radius 3 is 2.59 bits per heavy atom. The minimum absolute atomic E-state index is 0.0260. The molecule has 0 unspecified atom stereocenters. The molecule has 0 fully saturated rings. The SMILES string of the molecule is O=C(CSc1nc2c([nH]c3ccccc32)c(=O)n1-c1ccc(F)cc1)Nc1ccc(Cl)c(Cl)c1. The molecule has 6 nitrogen and oxygen atoms in total. The molecule has 2 aromatic heterocycles. The summed E-state index contributed by atoms with van der Waals surface area (Å²) in [6, 6.07) is 17.7. The van der Waals surface area contributed by atoms with Gasteiger partial charge in [0.1, 0.15) is 16.9 Å². The molecule has 0 aliphatic rings. The summed E-state index contributed by atoms with van der Waals surface area (Å²) in [5.41, 5.74) is 2.19. The fraction of sp³-hybridized carbons (Fsp3) is 0.0417. The number of nitrogens with one attached hydrogen (secondary N) is 2. The van der Waals surface area contributed by atoms with Gasteiger partial charge in [0.2, 0.25) is 5.91 Å². The maximum absolute atomic E-state index is 13.5. The van der Waals surface area contributed by atoms with E-state index in [1.165, 1.54) is 28.8 Å². The van der Waals surface area contributed by atoms with E-state index in [2.05, 4.69) is 10.3 Å². The average Bonchev–Trinajstić information content (AvgIpc) is 3.20. The van der Waals surface area contributed by atoms with Crippen molar-refractivity contribution in [2.75, 3.05) is 11.1 Å². The Kier molecular flexibility index (Phi) is 6.03. The van der Waals surface area contributed by atoms with Crippen molar-refractivity contribution in [3.63, 3.8) is 0 Å². The van der Waals surface area contributed by atoms with E-state index in [0.29, 0.717) is 37.6 Å². The number of thioether (sulfide) groups is 1. The lowest BCUT2D eigenvalue weighted by Crippen LogP contribution is -2.23. The molecule has 0 saturated carbocycles. The molecule has 170 valence electrons. The fourth-order valence-electron chi connectivity index (χ4n) is 3.56. The molecule has 3 aromatic carbocycles. The van der Waals surface area contributed by atoms with Crippen LogP contribution >= 0.6 is 35.0 Å². The number of benzene rings is 3. The van der Waals surface area contributed by atoms with Crippen molar-refractivity contribution >= 4 is 68.5 Å². The van der Waals surface area contributed by atoms with Gasteiger partial charge in [-0.15, -0.1) is 0 Å². The maximum Gasteiger partial charge on any atom is 0.283 e. The summed E-state index contributed by atoms with van der Waals surface area (Å²) in [6.45, 7) is 0. The topological polar surface area (TPSA) is 79.8 Å². The summed E-state index contributed by atoms with van der Waals surface area (Å²) in [6.07, 6.45) is 0. The number of H-pyrrole nitrogens is 1. The monoisotopic (exact) mass is 512 g/mol. The molecule has 10 heteroatoms. The summed E-state index contributed by atoms with van der Waals surface area (Å²) < 4.78 is 14.9. The molecule has 1 amide bonds. The van der Waals surface area contributed by atoms with Crippen LogP contribution in [0.15, 0.2) is 76.7 Å². The second-order valence-corrected chi connectivity index (χ2v) is 9.13. The number of amides is 1. The maximum atomic E-state index is 13.5. The van der Waals surface area contributed by atoms with Crippen LogP contribution in [0.2, 0.25) is 10.0 Å². The van der Waals surface area contributed by atoms with Crippen molar-refractivity contribution < 1.29 is 9.18 Å². The van der Waals surface area contributed by atoms with Crippen LogP contribution in [0.25, 0.3) is 27.6 Å². The lowest BCUT2D eigenvalue weighted by Gasteiger charge is -2.12. The van der Waals surface area contributed by atoms with E-state index in [9.17, 15) is 14.0 Å². The molecule has 0 saturated heterocycles. The number of hydrogen-bond donors (Lipinski definition) is 2. The van der Waals surface area contributed by atoms with Gasteiger partial charge in [-0.05, 0) is 48.5 Å². The van der Waals surface area contributed by atoms with Gasteiger partial charge in [0.05, 0.1) is 21.5 Å². The van der Waals surface area contributed by atoms with Gasteiger partial charge in [-0.25, -0.2) is 9.37 Å². The Bertz CT molecular complexity index is 1620. The largest absolute Gasteiger partial charge is 0.349 e. The summed E-state index contributed by atoms with van der Waals surface area (Å²) >= 11 is 13.0. The second kappa shape index (κ2) is 9.13. The van der Waals surface area contributed by atoms with Crippen molar-refractivity contribution in [3.05, 3.63) is 92.9 Å². The average molecular weight is 513 g/mol. The van der Waals surface area contributed by atoms with Crippen molar-refractivity contribution in [2.24, 2.45) is 0 Å². The highest BCUT2D eigenvalue weighted by Gasteiger charge is 2.18. The van der Waals surface area contributed by atoms with Gasteiger partial charge in [-0.3, -0.25) is 14.2 Å². The molecule has 0 radical (unpaired) electrons. The number of carbonyl (C=O) groups is 1. The molecule has 34 heavy (non-hydrogen) atoms. The van der Waals surface area contributed by atoms with E-state index in [1.54, 1.807) is 18.2 Å². The first-order chi connectivity index (χ1) is 16.4. The lowest BCUT2D eigenvalue weighted by atomic mass is 10.2. The van der Waals surface area contributed by atoms with Gasteiger partial charge >= 0.3 is 0 Å². The third kappa shape index (κ3) is 4.27. The van der Waals surface area contributed by atoms with Gasteiger partial charge in [0.25, 0.3) is 5.56 Å². The van der Waals surface area contributed by atoms with Crippen LogP contribution in [-0.4, -0.2) is 26.2 Å². The van der Waals surface area contributed by atoms with E-state index in [-0.39, 0.29) is 17.2 Å². The lowest BCUT2D eigenvalue weighted by molar-refractivity contribution is -0.113. The normalized spacial score (nSPS) is 11.3. The van der Waals surface area contributed by atoms with Crippen molar-refractivity contribution in [1.29, 1.82) is 0 Å². The molecule has 2 heterocycles. The number of fused-ring (bicyclic) bond motifs is 3. The molecule has 5 rings (SSSR count). The number of carbonyl (C=O) groups excluding carboxylic acids is 1. The van der Waals surface area contributed by atoms with Crippen LogP contribution in [0.5, 0.6) is 0 Å². The predicted octanol–water partition coefficient (Wildman–Crippen LogP) is 6.04. The number of hydrogen-bond acceptors (Lipinski definition) is 4. The first-order valence-electron chi connectivity index (χ1n) is 10.1. The van der Waals surface area contributed by atoms with Gasteiger partial charge < -0.3 is 10.3 Å². The molecule has 0 bridgehead atoms. The second-order valence-electron chi connectivity index (χ2n) is 7.37. The minimum atomic E-state index is -0.424. The minimum Gasteiger partial charge on any atom is -0.349 e. The molecule has 2 N–H and O–H groups in total. The van der Waals surface area contributed by atoms with Crippen molar-refractivity contribution in [2.45, 2.75) is 5.16 Å². The Labute approximate surface area is 206 Å². The van der Waals surface area contributed by atoms with E-state index in [0.717, 1.165) is 22.7 Å². The molecule has 0 atom stereocenters. The van der Waals surface area contributed by atoms with Crippen molar-refractivity contribution in [3.8, 4) is 5.69 Å². The smallest absolute Gasteiger partial charge is 0.283 e. The Balaban J connectivity index is 1.54. The summed E-state index contributed by atoms with van der Waals surface area (Å²) in [7, 11) is 0. The zero-order valence-electron chi connectivity index (χ0n) is 17.3. The van der Waals surface area contributed by atoms with E-state index >= 15 is 0 Å². The highest BCUT2D eigenvalue weighted by Crippen LogP contribution is 2.28. The fourth-order valence-corrected chi connectivity index (χ4v) is 4.66. The third-order valence-electron chi connectivity index (χ3n) is 5.11. The van der Waals surface area contributed by atoms with Gasteiger partial charge in [-0.1, -0.05) is 53.2 Å². The molecular formula is C24H15Cl2FN4O2S. The quantitative estimate of drug-likeness (QED) is 0.222. The number of rotatable bonds is 5. The van der Waals surface area contributed by atoms with Crippen LogP contribution in [-0.2, 0) is 4.79 Å². The standard InChI is InChI=1S/C24H15Cl2FN4O2S/c25-17-10-7-14(11-18(17)26)28-20(32)12-34-24-30-21-16-3-1-2-4-19(16)29-22(21)23(33)31(24)15-8-5-13(27)6-9-15/h1-11,29H,12H2,(H,28,32). The van der Waals surface area contributed by atoms with E-state index < -0.39 is 5.82 Å². The number of para-hydroxylation sites is 1. The summed E-state index contributed by atoms with van der Waals surface area (Å²) in [5.74, 6) is -0.768. The first-order valence-corrected chi connectivity index (χ1v) is 11.8. The van der Waals surface area contributed by atoms with Crippen LogP contribution in [0.3, 0.4) is 0 Å². The van der Waals surface area contributed by atoms with Crippen LogP contribution in [0.4, 0.5) is 10.1 Å². The number of anilines is 1. The Morgan fingerprint density at radius 1 is 1.06 bits per heavy atom. The zero-order valence-corrected chi connectivity index (χ0v) is 19.6.